The Hall–Kier alpha value is -2.41. The number of aromatic nitrogens is 3. The Balaban J connectivity index is 2.59. The smallest absolute Gasteiger partial charge is 0.333 e. The van der Waals surface area contributed by atoms with E-state index in [4.69, 9.17) is 11.6 Å². The lowest BCUT2D eigenvalue weighted by Gasteiger charge is -2.07. The highest BCUT2D eigenvalue weighted by atomic mass is 35.5. The summed E-state index contributed by atoms with van der Waals surface area (Å²) in [5, 5.41) is 10.0. The van der Waals surface area contributed by atoms with Gasteiger partial charge in [-0.3, -0.25) is 18.9 Å². The van der Waals surface area contributed by atoms with Gasteiger partial charge in [-0.2, -0.15) is 0 Å². The highest BCUT2D eigenvalue weighted by Crippen LogP contribution is 2.21. The van der Waals surface area contributed by atoms with Crippen molar-refractivity contribution in [1.29, 1.82) is 0 Å². The van der Waals surface area contributed by atoms with E-state index in [0.29, 0.717) is 5.69 Å². The van der Waals surface area contributed by atoms with Crippen LogP contribution < -0.4 is 11.2 Å². The van der Waals surface area contributed by atoms with Crippen LogP contribution in [0.2, 0.25) is 5.15 Å². The van der Waals surface area contributed by atoms with Crippen molar-refractivity contribution < 1.29 is 5.11 Å². The third-order valence-corrected chi connectivity index (χ3v) is 3.03. The topological polar surface area (TPSA) is 89.5 Å². The minimum absolute atomic E-state index is 0.102. The molecular weight excluding hydrogens is 284 g/mol. The Labute approximate surface area is 118 Å². The lowest BCUT2D eigenvalue weighted by atomic mass is 10.3. The van der Waals surface area contributed by atoms with Gasteiger partial charge in [0.05, 0.1) is 0 Å². The Bertz CT molecular complexity index is 807. The third-order valence-electron chi connectivity index (χ3n) is 2.74. The maximum absolute atomic E-state index is 11.9. The minimum Gasteiger partial charge on any atom is -0.494 e. The van der Waals surface area contributed by atoms with Crippen LogP contribution >= 0.6 is 11.6 Å². The molecule has 0 aliphatic rings. The highest BCUT2D eigenvalue weighted by Gasteiger charge is 2.13. The quantitative estimate of drug-likeness (QED) is 0.648. The molecule has 0 aliphatic carbocycles. The molecule has 8 heteroatoms. The molecule has 0 saturated heterocycles. The van der Waals surface area contributed by atoms with E-state index in [1.807, 2.05) is 0 Å². The van der Waals surface area contributed by atoms with Gasteiger partial charge in [0.25, 0.3) is 5.56 Å². The van der Waals surface area contributed by atoms with Gasteiger partial charge in [-0.25, -0.2) is 9.78 Å². The molecule has 0 aromatic carbocycles. The van der Waals surface area contributed by atoms with Gasteiger partial charge in [0.1, 0.15) is 11.3 Å². The summed E-state index contributed by atoms with van der Waals surface area (Å²) in [6, 6.07) is 3.24. The minimum atomic E-state index is -0.644. The van der Waals surface area contributed by atoms with Gasteiger partial charge >= 0.3 is 5.69 Å². The average Bonchev–Trinajstić information content (AvgIpc) is 2.45. The first-order chi connectivity index (χ1) is 9.43. The molecule has 2 aromatic rings. The van der Waals surface area contributed by atoms with E-state index in [9.17, 15) is 14.7 Å². The molecule has 0 spiro atoms. The van der Waals surface area contributed by atoms with Gasteiger partial charge in [0.15, 0.2) is 5.15 Å². The second kappa shape index (κ2) is 5.30. The number of halogens is 1. The van der Waals surface area contributed by atoms with E-state index in [1.165, 1.54) is 20.3 Å². The second-order valence-corrected chi connectivity index (χ2v) is 4.37. The fraction of sp³-hybridized carbons (Fsp3) is 0.167. The predicted octanol–water partition coefficient (Wildman–Crippen LogP) is 0.589. The van der Waals surface area contributed by atoms with Gasteiger partial charge in [0.2, 0.25) is 5.88 Å². The summed E-state index contributed by atoms with van der Waals surface area (Å²) < 4.78 is 1.83. The van der Waals surface area contributed by atoms with Crippen LogP contribution in [0.1, 0.15) is 5.56 Å². The normalized spacial score (nSPS) is 11.2. The lowest BCUT2D eigenvalue weighted by Crippen LogP contribution is -2.38. The van der Waals surface area contributed by atoms with Gasteiger partial charge in [-0.15, -0.1) is 0 Å². The number of hydrogen-bond acceptors (Lipinski definition) is 5. The van der Waals surface area contributed by atoms with Crippen molar-refractivity contribution in [3.63, 3.8) is 0 Å². The van der Waals surface area contributed by atoms with Gasteiger partial charge < -0.3 is 5.11 Å². The third kappa shape index (κ3) is 2.35. The van der Waals surface area contributed by atoms with E-state index in [1.54, 1.807) is 12.1 Å². The molecule has 2 heterocycles. The zero-order valence-corrected chi connectivity index (χ0v) is 11.5. The zero-order chi connectivity index (χ0) is 14.9. The van der Waals surface area contributed by atoms with Crippen LogP contribution in [0.15, 0.2) is 32.9 Å². The molecule has 0 aliphatic heterocycles. The number of hydrogen-bond donors (Lipinski definition) is 1. The zero-order valence-electron chi connectivity index (χ0n) is 10.7. The van der Waals surface area contributed by atoms with Gasteiger partial charge in [0, 0.05) is 26.5 Å². The Morgan fingerprint density at radius 1 is 1.35 bits per heavy atom. The summed E-state index contributed by atoms with van der Waals surface area (Å²) >= 11 is 5.83. The van der Waals surface area contributed by atoms with E-state index < -0.39 is 17.1 Å². The molecule has 2 rings (SSSR count). The number of aromatic hydroxyl groups is 1. The van der Waals surface area contributed by atoms with Crippen LogP contribution in [0.5, 0.6) is 5.88 Å². The summed E-state index contributed by atoms with van der Waals surface area (Å²) in [4.78, 5) is 31.3. The number of rotatable bonds is 2. The second-order valence-electron chi connectivity index (χ2n) is 4.01. The van der Waals surface area contributed by atoms with Crippen LogP contribution in [0.3, 0.4) is 0 Å². The summed E-state index contributed by atoms with van der Waals surface area (Å²) in [5.41, 5.74) is -1.02. The molecule has 20 heavy (non-hydrogen) atoms. The molecule has 104 valence electrons. The molecule has 0 amide bonds. The van der Waals surface area contributed by atoms with Gasteiger partial charge in [-0.1, -0.05) is 11.6 Å². The Morgan fingerprint density at radius 3 is 2.70 bits per heavy atom. The standard InChI is InChI=1S/C12H11ClN4O3/c1-16-10(18)7(11(19)17(2)12(16)20)6-15-8-4-3-5-14-9(8)13/h3-6,18H,1-2H3. The number of aliphatic imine (C=N–C) groups is 1. The van der Waals surface area contributed by atoms with Crippen molar-refractivity contribution in [1.82, 2.24) is 14.1 Å². The van der Waals surface area contributed by atoms with E-state index >= 15 is 0 Å². The largest absolute Gasteiger partial charge is 0.494 e. The predicted molar refractivity (Wildman–Crippen MR) is 75.1 cm³/mol. The van der Waals surface area contributed by atoms with Crippen molar-refractivity contribution in [2.75, 3.05) is 0 Å². The van der Waals surface area contributed by atoms with Crippen LogP contribution in [0.4, 0.5) is 5.69 Å². The summed E-state index contributed by atoms with van der Waals surface area (Å²) in [7, 11) is 2.67. The monoisotopic (exact) mass is 294 g/mol. The molecule has 0 unspecified atom stereocenters. The molecule has 0 bridgehead atoms. The molecular formula is C12H11ClN4O3. The fourth-order valence-corrected chi connectivity index (χ4v) is 1.75. The van der Waals surface area contributed by atoms with Crippen molar-refractivity contribution in [2.24, 2.45) is 19.1 Å². The highest BCUT2D eigenvalue weighted by molar-refractivity contribution is 6.31. The van der Waals surface area contributed by atoms with Crippen molar-refractivity contribution in [2.45, 2.75) is 0 Å². The maximum atomic E-state index is 11.9. The first-order valence-electron chi connectivity index (χ1n) is 5.57. The summed E-state index contributed by atoms with van der Waals surface area (Å²) in [5.74, 6) is -0.457. The number of nitrogens with zero attached hydrogens (tertiary/aromatic N) is 4. The van der Waals surface area contributed by atoms with Crippen molar-refractivity contribution >= 4 is 23.5 Å². The molecule has 0 radical (unpaired) electrons. The van der Waals surface area contributed by atoms with Crippen molar-refractivity contribution in [3.05, 3.63) is 49.9 Å². The molecule has 1 N–H and O–H groups in total. The first kappa shape index (κ1) is 14.0. The summed E-state index contributed by atoms with van der Waals surface area (Å²) in [6.07, 6.45) is 2.66. The van der Waals surface area contributed by atoms with E-state index in [2.05, 4.69) is 9.98 Å². The molecule has 0 fully saturated rings. The van der Waals surface area contributed by atoms with Crippen LogP contribution in [0.25, 0.3) is 0 Å². The molecule has 0 saturated carbocycles. The van der Waals surface area contributed by atoms with E-state index in [-0.39, 0.29) is 10.7 Å². The maximum Gasteiger partial charge on any atom is 0.333 e. The van der Waals surface area contributed by atoms with E-state index in [0.717, 1.165) is 15.3 Å². The molecule has 0 atom stereocenters. The van der Waals surface area contributed by atoms with Crippen molar-refractivity contribution in [3.8, 4) is 5.88 Å². The average molecular weight is 295 g/mol. The first-order valence-corrected chi connectivity index (χ1v) is 5.95. The molecule has 7 nitrogen and oxygen atoms in total. The Morgan fingerprint density at radius 2 is 2.05 bits per heavy atom. The van der Waals surface area contributed by atoms with Crippen LogP contribution in [0, 0.1) is 0 Å². The summed E-state index contributed by atoms with van der Waals surface area (Å²) in [6.45, 7) is 0. The lowest BCUT2D eigenvalue weighted by molar-refractivity contribution is 0.410. The SMILES string of the molecule is Cn1c(O)c(C=Nc2cccnc2Cl)c(=O)n(C)c1=O. The molecule has 2 aromatic heterocycles. The number of pyridine rings is 1. The van der Waals surface area contributed by atoms with Crippen LogP contribution in [-0.4, -0.2) is 25.4 Å². The Kier molecular flexibility index (Phi) is 3.71. The van der Waals surface area contributed by atoms with Crippen LogP contribution in [-0.2, 0) is 14.1 Å². The fourth-order valence-electron chi connectivity index (χ4n) is 1.58. The van der Waals surface area contributed by atoms with Gasteiger partial charge in [-0.05, 0) is 12.1 Å².